The number of hydrogen-bond acceptors (Lipinski definition) is 1. The highest BCUT2D eigenvalue weighted by Gasteiger charge is 2.37. The van der Waals surface area contributed by atoms with E-state index in [2.05, 4.69) is 65.5 Å². The molecule has 3 heteroatoms. The molecule has 0 saturated heterocycles. The molecule has 0 spiro atoms. The monoisotopic (exact) mass is 374 g/mol. The first-order chi connectivity index (χ1) is 13.7. The lowest BCUT2D eigenvalue weighted by atomic mass is 9.88. The highest BCUT2D eigenvalue weighted by Crippen LogP contribution is 2.39. The van der Waals surface area contributed by atoms with Crippen LogP contribution in [-0.4, -0.2) is 10.5 Å². The molecule has 28 heavy (non-hydrogen) atoms. The molecule has 1 N–H and O–H groups in total. The molecule has 0 radical (unpaired) electrons. The van der Waals surface area contributed by atoms with E-state index in [1.807, 2.05) is 12.1 Å². The second kappa shape index (κ2) is 8.22. The third-order valence-corrected chi connectivity index (χ3v) is 6.17. The molecule has 4 rings (SSSR count). The van der Waals surface area contributed by atoms with Gasteiger partial charge in [0.1, 0.15) is 0 Å². The molecule has 1 fully saturated rings. The van der Waals surface area contributed by atoms with Crippen LogP contribution >= 0.6 is 0 Å². The van der Waals surface area contributed by atoms with E-state index in [4.69, 9.17) is 0 Å². The second-order valence-electron chi connectivity index (χ2n) is 8.07. The Morgan fingerprint density at radius 3 is 2.46 bits per heavy atom. The van der Waals surface area contributed by atoms with Crippen molar-refractivity contribution in [3.8, 4) is 0 Å². The Kier molecular flexibility index (Phi) is 5.52. The number of nitrogens with zero attached hydrogens (tertiary/aromatic N) is 1. The number of rotatable bonds is 7. The first kappa shape index (κ1) is 18.8. The molecule has 0 atom stereocenters. The lowest BCUT2D eigenvalue weighted by Crippen LogP contribution is -2.43. The van der Waals surface area contributed by atoms with E-state index in [-0.39, 0.29) is 11.4 Å². The van der Waals surface area contributed by atoms with Gasteiger partial charge in [0, 0.05) is 23.6 Å². The SMILES string of the molecule is CCCCCn1cc(C(=O)NC2(c3ccccc3)CCCC2)c2ccccc21. The van der Waals surface area contributed by atoms with Gasteiger partial charge in [-0.15, -0.1) is 0 Å². The minimum Gasteiger partial charge on any atom is -0.347 e. The number of fused-ring (bicyclic) bond motifs is 1. The third kappa shape index (κ3) is 3.58. The van der Waals surface area contributed by atoms with Gasteiger partial charge in [0.05, 0.1) is 11.1 Å². The van der Waals surface area contributed by atoms with Crippen molar-refractivity contribution in [2.24, 2.45) is 0 Å². The topological polar surface area (TPSA) is 34.0 Å². The average Bonchev–Trinajstić information content (AvgIpc) is 3.35. The Morgan fingerprint density at radius 1 is 1.00 bits per heavy atom. The molecule has 0 bridgehead atoms. The Bertz CT molecular complexity index is 936. The number of hydrogen-bond donors (Lipinski definition) is 1. The molecule has 0 aliphatic heterocycles. The van der Waals surface area contributed by atoms with E-state index < -0.39 is 0 Å². The molecule has 3 aromatic rings. The van der Waals surface area contributed by atoms with Crippen molar-refractivity contribution >= 4 is 16.8 Å². The molecular formula is C25H30N2O. The van der Waals surface area contributed by atoms with Gasteiger partial charge in [0.15, 0.2) is 0 Å². The van der Waals surface area contributed by atoms with Gasteiger partial charge >= 0.3 is 0 Å². The van der Waals surface area contributed by atoms with Crippen LogP contribution in [0.25, 0.3) is 10.9 Å². The van der Waals surface area contributed by atoms with E-state index in [9.17, 15) is 4.79 Å². The minimum atomic E-state index is -0.232. The zero-order chi connectivity index (χ0) is 19.4. The maximum Gasteiger partial charge on any atom is 0.254 e. The first-order valence-electron chi connectivity index (χ1n) is 10.7. The van der Waals surface area contributed by atoms with Crippen LogP contribution in [0, 0.1) is 0 Å². The van der Waals surface area contributed by atoms with Crippen molar-refractivity contribution in [2.45, 2.75) is 64.0 Å². The fourth-order valence-corrected chi connectivity index (χ4v) is 4.65. The van der Waals surface area contributed by atoms with Crippen LogP contribution in [0.3, 0.4) is 0 Å². The van der Waals surface area contributed by atoms with Crippen molar-refractivity contribution < 1.29 is 4.79 Å². The van der Waals surface area contributed by atoms with E-state index in [1.54, 1.807) is 0 Å². The molecular weight excluding hydrogens is 344 g/mol. The Labute approximate surface area is 167 Å². The molecule has 1 aromatic heterocycles. The zero-order valence-corrected chi connectivity index (χ0v) is 16.8. The second-order valence-corrected chi connectivity index (χ2v) is 8.07. The van der Waals surface area contributed by atoms with Crippen molar-refractivity contribution in [2.75, 3.05) is 0 Å². The van der Waals surface area contributed by atoms with Crippen molar-refractivity contribution in [1.82, 2.24) is 9.88 Å². The Hall–Kier alpha value is -2.55. The van der Waals surface area contributed by atoms with Crippen LogP contribution in [0.4, 0.5) is 0 Å². The summed E-state index contributed by atoms with van der Waals surface area (Å²) in [6, 6.07) is 18.8. The van der Waals surface area contributed by atoms with Gasteiger partial charge in [-0.25, -0.2) is 0 Å². The van der Waals surface area contributed by atoms with Gasteiger partial charge in [-0.2, -0.15) is 0 Å². The summed E-state index contributed by atoms with van der Waals surface area (Å²) in [5.74, 6) is 0.0520. The van der Waals surface area contributed by atoms with Crippen molar-refractivity contribution in [3.05, 3.63) is 71.9 Å². The van der Waals surface area contributed by atoms with Crippen LogP contribution in [0.2, 0.25) is 0 Å². The van der Waals surface area contributed by atoms with Gasteiger partial charge in [0.25, 0.3) is 5.91 Å². The van der Waals surface area contributed by atoms with Crippen LogP contribution in [0.1, 0.15) is 67.8 Å². The van der Waals surface area contributed by atoms with Crippen molar-refractivity contribution in [1.29, 1.82) is 0 Å². The summed E-state index contributed by atoms with van der Waals surface area (Å²) in [6.07, 6.45) is 9.96. The molecule has 2 aromatic carbocycles. The van der Waals surface area contributed by atoms with Gasteiger partial charge in [-0.3, -0.25) is 4.79 Å². The number of nitrogens with one attached hydrogen (secondary N) is 1. The molecule has 3 nitrogen and oxygen atoms in total. The highest BCUT2D eigenvalue weighted by molar-refractivity contribution is 6.07. The fourth-order valence-electron chi connectivity index (χ4n) is 4.65. The normalized spacial score (nSPS) is 15.8. The maximum absolute atomic E-state index is 13.4. The quantitative estimate of drug-likeness (QED) is 0.503. The molecule has 146 valence electrons. The summed E-state index contributed by atoms with van der Waals surface area (Å²) in [6.45, 7) is 3.18. The van der Waals surface area contributed by atoms with Gasteiger partial charge in [-0.1, -0.05) is 81.1 Å². The Balaban J connectivity index is 1.65. The average molecular weight is 375 g/mol. The number of aryl methyl sites for hydroxylation is 1. The molecule has 1 aliphatic carbocycles. The van der Waals surface area contributed by atoms with Crippen LogP contribution < -0.4 is 5.32 Å². The lowest BCUT2D eigenvalue weighted by Gasteiger charge is -2.31. The number of carbonyl (C=O) groups is 1. The van der Waals surface area contributed by atoms with Crippen LogP contribution in [0.15, 0.2) is 60.8 Å². The molecule has 0 unspecified atom stereocenters. The number of unbranched alkanes of at least 4 members (excludes halogenated alkanes) is 2. The standard InChI is InChI=1S/C25H30N2O/c1-2-3-11-18-27-19-22(21-14-7-8-15-23(21)27)24(28)26-25(16-9-10-17-25)20-12-5-4-6-13-20/h4-8,12-15,19H,2-3,9-11,16-18H2,1H3,(H,26,28). The highest BCUT2D eigenvalue weighted by atomic mass is 16.1. The minimum absolute atomic E-state index is 0.0520. The van der Waals surface area contributed by atoms with Gasteiger partial charge in [-0.05, 0) is 30.9 Å². The summed E-state index contributed by atoms with van der Waals surface area (Å²) >= 11 is 0. The summed E-state index contributed by atoms with van der Waals surface area (Å²) in [7, 11) is 0. The molecule has 1 saturated carbocycles. The van der Waals surface area contributed by atoms with E-state index in [0.717, 1.165) is 55.1 Å². The summed E-state index contributed by atoms with van der Waals surface area (Å²) in [4.78, 5) is 13.4. The van der Waals surface area contributed by atoms with Crippen LogP contribution in [-0.2, 0) is 12.1 Å². The largest absolute Gasteiger partial charge is 0.347 e. The summed E-state index contributed by atoms with van der Waals surface area (Å²) in [5, 5.41) is 4.50. The molecule has 1 aliphatic rings. The molecule has 1 amide bonds. The van der Waals surface area contributed by atoms with Gasteiger partial charge < -0.3 is 9.88 Å². The summed E-state index contributed by atoms with van der Waals surface area (Å²) < 4.78 is 2.25. The van der Waals surface area contributed by atoms with Gasteiger partial charge in [0.2, 0.25) is 0 Å². The predicted molar refractivity (Wildman–Crippen MR) is 116 cm³/mol. The van der Waals surface area contributed by atoms with Crippen molar-refractivity contribution in [3.63, 3.8) is 0 Å². The number of carbonyl (C=O) groups excluding carboxylic acids is 1. The number of para-hydroxylation sites is 1. The smallest absolute Gasteiger partial charge is 0.254 e. The molecule has 1 heterocycles. The maximum atomic E-state index is 13.4. The van der Waals surface area contributed by atoms with E-state index in [0.29, 0.717) is 0 Å². The lowest BCUT2D eigenvalue weighted by molar-refractivity contribution is 0.0899. The summed E-state index contributed by atoms with van der Waals surface area (Å²) in [5.41, 5.74) is 2.95. The zero-order valence-electron chi connectivity index (χ0n) is 16.8. The third-order valence-electron chi connectivity index (χ3n) is 6.17. The van der Waals surface area contributed by atoms with Crippen LogP contribution in [0.5, 0.6) is 0 Å². The number of amides is 1. The predicted octanol–water partition coefficient (Wildman–Crippen LogP) is 6.03. The van der Waals surface area contributed by atoms with E-state index in [1.165, 1.54) is 18.4 Å². The number of aromatic nitrogens is 1. The number of benzene rings is 2. The fraction of sp³-hybridized carbons (Fsp3) is 0.400. The van der Waals surface area contributed by atoms with E-state index >= 15 is 0 Å². The Morgan fingerprint density at radius 2 is 1.71 bits per heavy atom. The first-order valence-corrected chi connectivity index (χ1v) is 10.7.